The van der Waals surface area contributed by atoms with Crippen LogP contribution in [0.3, 0.4) is 0 Å². The molecule has 1 fully saturated rings. The van der Waals surface area contributed by atoms with Crippen LogP contribution < -0.4 is 19.7 Å². The number of hydrogen-bond donors (Lipinski definition) is 1. The van der Waals surface area contributed by atoms with Gasteiger partial charge in [-0.25, -0.2) is 0 Å². The van der Waals surface area contributed by atoms with Gasteiger partial charge in [-0.05, 0) is 39.0 Å². The van der Waals surface area contributed by atoms with Gasteiger partial charge in [0.2, 0.25) is 5.91 Å². The van der Waals surface area contributed by atoms with Crippen LogP contribution >= 0.6 is 0 Å². The van der Waals surface area contributed by atoms with E-state index in [1.807, 2.05) is 57.2 Å². The van der Waals surface area contributed by atoms with Crippen molar-refractivity contribution in [2.45, 2.75) is 45.4 Å². The molecule has 0 aromatic heterocycles. The number of benzene rings is 2. The van der Waals surface area contributed by atoms with Gasteiger partial charge in [-0.15, -0.1) is 0 Å². The molecule has 2 aromatic carbocycles. The monoisotopic (exact) mass is 423 g/mol. The Labute approximate surface area is 185 Å². The number of rotatable bonds is 6. The normalized spacial score (nSPS) is 20.0. The summed E-state index contributed by atoms with van der Waals surface area (Å²) in [6, 6.07) is 16.0. The molecule has 0 saturated carbocycles. The standard InChI is InChI=1S/C25H33N3O3/c1-18(2)31-24-11-7-5-9-22(24)28-15-13-27(14-16-28)19(3)25(29)26-21-12-17-30-23-10-6-4-8-20(21)23/h4-11,18-19,21H,12-17H2,1-3H3,(H,26,29)/t19-,21-/m0/s1. The summed E-state index contributed by atoms with van der Waals surface area (Å²) >= 11 is 0. The summed E-state index contributed by atoms with van der Waals surface area (Å²) in [7, 11) is 0. The molecular weight excluding hydrogens is 390 g/mol. The topological polar surface area (TPSA) is 54.0 Å². The molecule has 31 heavy (non-hydrogen) atoms. The molecule has 2 aromatic rings. The molecule has 2 heterocycles. The number of fused-ring (bicyclic) bond motifs is 1. The first-order chi connectivity index (χ1) is 15.0. The average molecular weight is 424 g/mol. The summed E-state index contributed by atoms with van der Waals surface area (Å²) in [6.45, 7) is 10.2. The highest BCUT2D eigenvalue weighted by atomic mass is 16.5. The first kappa shape index (κ1) is 21.5. The van der Waals surface area contributed by atoms with Gasteiger partial charge >= 0.3 is 0 Å². The lowest BCUT2D eigenvalue weighted by atomic mass is 10.00. The van der Waals surface area contributed by atoms with Crippen molar-refractivity contribution in [1.29, 1.82) is 0 Å². The van der Waals surface area contributed by atoms with Crippen molar-refractivity contribution in [2.75, 3.05) is 37.7 Å². The second-order valence-electron chi connectivity index (χ2n) is 8.57. The fourth-order valence-corrected chi connectivity index (χ4v) is 4.37. The van der Waals surface area contributed by atoms with Crippen LogP contribution in [0.15, 0.2) is 48.5 Å². The molecule has 0 unspecified atom stereocenters. The lowest BCUT2D eigenvalue weighted by molar-refractivity contribution is -0.127. The number of carbonyl (C=O) groups excluding carboxylic acids is 1. The minimum atomic E-state index is -0.167. The summed E-state index contributed by atoms with van der Waals surface area (Å²) in [5.74, 6) is 1.89. The van der Waals surface area contributed by atoms with Gasteiger partial charge in [0.1, 0.15) is 11.5 Å². The van der Waals surface area contributed by atoms with Crippen LogP contribution in [0.25, 0.3) is 0 Å². The van der Waals surface area contributed by atoms with Gasteiger partial charge in [0.05, 0.1) is 30.5 Å². The van der Waals surface area contributed by atoms with E-state index in [-0.39, 0.29) is 24.1 Å². The van der Waals surface area contributed by atoms with E-state index in [9.17, 15) is 4.79 Å². The van der Waals surface area contributed by atoms with Crippen LogP contribution in [0.5, 0.6) is 11.5 Å². The quantitative estimate of drug-likeness (QED) is 0.769. The third kappa shape index (κ3) is 4.96. The number of nitrogens with one attached hydrogen (secondary N) is 1. The van der Waals surface area contributed by atoms with Crippen LogP contribution in [0.2, 0.25) is 0 Å². The molecule has 6 nitrogen and oxygen atoms in total. The molecule has 2 atom stereocenters. The van der Waals surface area contributed by atoms with Gasteiger partial charge in [0, 0.05) is 38.2 Å². The summed E-state index contributed by atoms with van der Waals surface area (Å²) in [5, 5.41) is 3.25. The van der Waals surface area contributed by atoms with Gasteiger partial charge in [0.25, 0.3) is 0 Å². The molecule has 166 valence electrons. The van der Waals surface area contributed by atoms with Crippen molar-refractivity contribution in [3.05, 3.63) is 54.1 Å². The number of ether oxygens (including phenoxy) is 2. The van der Waals surface area contributed by atoms with Crippen LogP contribution in [-0.2, 0) is 4.79 Å². The molecule has 1 N–H and O–H groups in total. The Kier molecular flexibility index (Phi) is 6.66. The Morgan fingerprint density at radius 2 is 1.74 bits per heavy atom. The highest BCUT2D eigenvalue weighted by Crippen LogP contribution is 2.32. The lowest BCUT2D eigenvalue weighted by Crippen LogP contribution is -2.54. The van der Waals surface area contributed by atoms with Crippen LogP contribution in [0, 0.1) is 0 Å². The number of para-hydroxylation sites is 3. The van der Waals surface area contributed by atoms with Crippen molar-refractivity contribution in [2.24, 2.45) is 0 Å². The molecule has 0 spiro atoms. The SMILES string of the molecule is CC(C)Oc1ccccc1N1CCN([C@@H](C)C(=O)N[C@H]2CCOc3ccccc32)CC1. The van der Waals surface area contributed by atoms with E-state index in [0.717, 1.165) is 55.3 Å². The third-order valence-electron chi connectivity index (χ3n) is 6.09. The number of anilines is 1. The molecule has 4 rings (SSSR count). The maximum Gasteiger partial charge on any atom is 0.237 e. The summed E-state index contributed by atoms with van der Waals surface area (Å²) in [5.41, 5.74) is 2.20. The molecule has 1 saturated heterocycles. The largest absolute Gasteiger partial charge is 0.493 e. The Bertz CT molecular complexity index is 893. The zero-order chi connectivity index (χ0) is 21.8. The fourth-order valence-electron chi connectivity index (χ4n) is 4.37. The first-order valence-corrected chi connectivity index (χ1v) is 11.3. The maximum atomic E-state index is 13.0. The summed E-state index contributed by atoms with van der Waals surface area (Å²) in [4.78, 5) is 17.6. The number of hydrogen-bond acceptors (Lipinski definition) is 5. The second kappa shape index (κ2) is 9.60. The van der Waals surface area contributed by atoms with Gasteiger partial charge in [0.15, 0.2) is 0 Å². The summed E-state index contributed by atoms with van der Waals surface area (Å²) in [6.07, 6.45) is 0.942. The number of piperazine rings is 1. The molecule has 6 heteroatoms. The predicted molar refractivity (Wildman–Crippen MR) is 123 cm³/mol. The van der Waals surface area contributed by atoms with Crippen molar-refractivity contribution in [3.63, 3.8) is 0 Å². The van der Waals surface area contributed by atoms with Crippen molar-refractivity contribution in [1.82, 2.24) is 10.2 Å². The maximum absolute atomic E-state index is 13.0. The molecule has 2 aliphatic heterocycles. The van der Waals surface area contributed by atoms with Crippen molar-refractivity contribution < 1.29 is 14.3 Å². The molecule has 0 bridgehead atoms. The number of amides is 1. The highest BCUT2D eigenvalue weighted by Gasteiger charge is 2.29. The van der Waals surface area contributed by atoms with E-state index in [4.69, 9.17) is 9.47 Å². The highest BCUT2D eigenvalue weighted by molar-refractivity contribution is 5.82. The van der Waals surface area contributed by atoms with E-state index in [2.05, 4.69) is 27.2 Å². The molecule has 2 aliphatic rings. The summed E-state index contributed by atoms with van der Waals surface area (Å²) < 4.78 is 11.7. The van der Waals surface area contributed by atoms with Crippen LogP contribution in [0.4, 0.5) is 5.69 Å². The zero-order valence-corrected chi connectivity index (χ0v) is 18.7. The van der Waals surface area contributed by atoms with Crippen molar-refractivity contribution in [3.8, 4) is 11.5 Å². The fraction of sp³-hybridized carbons (Fsp3) is 0.480. The van der Waals surface area contributed by atoms with E-state index in [0.29, 0.717) is 6.61 Å². The van der Waals surface area contributed by atoms with Crippen LogP contribution in [0.1, 0.15) is 38.8 Å². The minimum Gasteiger partial charge on any atom is -0.493 e. The van der Waals surface area contributed by atoms with Gasteiger partial charge < -0.3 is 19.7 Å². The van der Waals surface area contributed by atoms with E-state index in [1.54, 1.807) is 0 Å². The Balaban J connectivity index is 1.35. The molecule has 0 radical (unpaired) electrons. The number of nitrogens with zero attached hydrogens (tertiary/aromatic N) is 2. The van der Waals surface area contributed by atoms with E-state index in [1.165, 1.54) is 0 Å². The van der Waals surface area contributed by atoms with E-state index >= 15 is 0 Å². The molecule has 0 aliphatic carbocycles. The second-order valence-corrected chi connectivity index (χ2v) is 8.57. The first-order valence-electron chi connectivity index (χ1n) is 11.3. The minimum absolute atomic E-state index is 0.0150. The smallest absolute Gasteiger partial charge is 0.237 e. The van der Waals surface area contributed by atoms with E-state index < -0.39 is 0 Å². The third-order valence-corrected chi connectivity index (χ3v) is 6.09. The van der Waals surface area contributed by atoms with Gasteiger partial charge in [-0.1, -0.05) is 30.3 Å². The Morgan fingerprint density at radius 3 is 2.52 bits per heavy atom. The Hall–Kier alpha value is -2.73. The van der Waals surface area contributed by atoms with Crippen LogP contribution in [-0.4, -0.2) is 55.7 Å². The zero-order valence-electron chi connectivity index (χ0n) is 18.7. The predicted octanol–water partition coefficient (Wildman–Crippen LogP) is 3.62. The van der Waals surface area contributed by atoms with Gasteiger partial charge in [-0.3, -0.25) is 9.69 Å². The molecule has 1 amide bonds. The lowest BCUT2D eigenvalue weighted by Gasteiger charge is -2.39. The van der Waals surface area contributed by atoms with Gasteiger partial charge in [-0.2, -0.15) is 0 Å². The average Bonchev–Trinajstić information content (AvgIpc) is 2.79. The van der Waals surface area contributed by atoms with Crippen molar-refractivity contribution >= 4 is 11.6 Å². The Morgan fingerprint density at radius 1 is 1.03 bits per heavy atom. The number of carbonyl (C=O) groups is 1. The molecular formula is C25H33N3O3.